The molecule has 0 radical (unpaired) electrons. The Bertz CT molecular complexity index is 1420. The number of hydrogen-bond acceptors (Lipinski definition) is 4. The van der Waals surface area contributed by atoms with Gasteiger partial charge in [-0.25, -0.2) is 9.50 Å². The highest BCUT2D eigenvalue weighted by Crippen LogP contribution is 2.38. The van der Waals surface area contributed by atoms with Gasteiger partial charge < -0.3 is 10.2 Å². The normalized spacial score (nSPS) is 16.2. The highest BCUT2D eigenvalue weighted by atomic mass is 35.5. The Labute approximate surface area is 220 Å². The van der Waals surface area contributed by atoms with Crippen molar-refractivity contribution in [2.24, 2.45) is 0 Å². The van der Waals surface area contributed by atoms with Gasteiger partial charge in [0.1, 0.15) is 5.56 Å². The fourth-order valence-electron chi connectivity index (χ4n) is 5.42. The first kappa shape index (κ1) is 23.3. The molecule has 1 aliphatic heterocycles. The van der Waals surface area contributed by atoms with Crippen molar-refractivity contribution in [3.63, 3.8) is 0 Å². The monoisotopic (exact) mass is 519 g/mol. The number of nitrogens with zero attached hydrogens (tertiary/aromatic N) is 4. The maximum atomic E-state index is 13.7. The lowest BCUT2D eigenvalue weighted by atomic mass is 10.0. The first-order chi connectivity index (χ1) is 17.6. The zero-order chi connectivity index (χ0) is 24.6. The van der Waals surface area contributed by atoms with Crippen molar-refractivity contribution in [2.75, 3.05) is 18.0 Å². The summed E-state index contributed by atoms with van der Waals surface area (Å²) >= 11 is 12.9. The molecule has 184 valence electrons. The number of carbonyl (C=O) groups excluding carboxylic acids is 1. The van der Waals surface area contributed by atoms with Gasteiger partial charge in [-0.05, 0) is 43.9 Å². The first-order valence-corrected chi connectivity index (χ1v) is 13.3. The summed E-state index contributed by atoms with van der Waals surface area (Å²) in [5.74, 6) is 0.598. The van der Waals surface area contributed by atoms with Crippen LogP contribution in [0.15, 0.2) is 54.7 Å². The van der Waals surface area contributed by atoms with Gasteiger partial charge in [0.25, 0.3) is 5.91 Å². The fourth-order valence-corrected chi connectivity index (χ4v) is 5.78. The summed E-state index contributed by atoms with van der Waals surface area (Å²) in [5, 5.41) is 9.59. The molecular formula is C28H27Cl2N5O. The molecule has 3 heterocycles. The van der Waals surface area contributed by atoms with E-state index < -0.39 is 0 Å². The van der Waals surface area contributed by atoms with E-state index in [1.807, 2.05) is 59.2 Å². The van der Waals surface area contributed by atoms with Crippen LogP contribution in [0.1, 0.15) is 48.9 Å². The summed E-state index contributed by atoms with van der Waals surface area (Å²) in [5.41, 5.74) is 4.53. The van der Waals surface area contributed by atoms with E-state index in [0.29, 0.717) is 27.1 Å². The minimum Gasteiger partial charge on any atom is -0.354 e. The second-order valence-electron chi connectivity index (χ2n) is 9.59. The minimum absolute atomic E-state index is 0.0983. The van der Waals surface area contributed by atoms with Crippen LogP contribution >= 0.6 is 23.2 Å². The van der Waals surface area contributed by atoms with Crippen LogP contribution in [0.3, 0.4) is 0 Å². The average Bonchev–Trinajstić information content (AvgIpc) is 3.65. The third kappa shape index (κ3) is 4.22. The molecule has 1 N–H and O–H groups in total. The lowest BCUT2D eigenvalue weighted by Gasteiger charge is -2.17. The van der Waals surface area contributed by atoms with Gasteiger partial charge in [-0.1, -0.05) is 66.4 Å². The summed E-state index contributed by atoms with van der Waals surface area (Å²) in [6.45, 7) is 1.75. The van der Waals surface area contributed by atoms with Crippen LogP contribution < -0.4 is 10.2 Å². The summed E-state index contributed by atoms with van der Waals surface area (Å²) in [6, 6.07) is 15.6. The van der Waals surface area contributed by atoms with Crippen LogP contribution in [0, 0.1) is 0 Å². The van der Waals surface area contributed by atoms with Crippen LogP contribution in [-0.4, -0.2) is 39.6 Å². The van der Waals surface area contributed by atoms with Crippen molar-refractivity contribution in [2.45, 2.75) is 44.6 Å². The van der Waals surface area contributed by atoms with E-state index in [-0.39, 0.29) is 11.9 Å². The van der Waals surface area contributed by atoms with Crippen LogP contribution in [0.4, 0.5) is 5.82 Å². The second kappa shape index (κ2) is 9.75. The van der Waals surface area contributed by atoms with Gasteiger partial charge >= 0.3 is 0 Å². The molecule has 4 aromatic rings. The molecule has 2 aromatic carbocycles. The minimum atomic E-state index is -0.0983. The largest absolute Gasteiger partial charge is 0.354 e. The fraction of sp³-hybridized carbons (Fsp3) is 0.321. The van der Waals surface area contributed by atoms with E-state index in [1.165, 1.54) is 0 Å². The number of benzene rings is 2. The predicted octanol–water partition coefficient (Wildman–Crippen LogP) is 6.64. The zero-order valence-electron chi connectivity index (χ0n) is 19.9. The number of hydrogen-bond donors (Lipinski definition) is 1. The van der Waals surface area contributed by atoms with Crippen LogP contribution in [-0.2, 0) is 0 Å². The van der Waals surface area contributed by atoms with E-state index >= 15 is 0 Å². The summed E-state index contributed by atoms with van der Waals surface area (Å²) in [6.07, 6.45) is 8.31. The molecule has 1 saturated heterocycles. The SMILES string of the molecule is O=C(NC1CCCC1)c1c(N2CCCC2)nn2c(-c3ccc(Cl)cc3)c(-c3ccccc3Cl)cnc12. The number of fused-ring (bicyclic) bond motifs is 1. The van der Waals surface area contributed by atoms with E-state index in [9.17, 15) is 4.79 Å². The number of carbonyl (C=O) groups is 1. The van der Waals surface area contributed by atoms with Crippen LogP contribution in [0.2, 0.25) is 10.0 Å². The Morgan fingerprint density at radius 1 is 0.917 bits per heavy atom. The van der Waals surface area contributed by atoms with Crippen LogP contribution in [0.5, 0.6) is 0 Å². The Balaban J connectivity index is 1.60. The number of anilines is 1. The third-order valence-electron chi connectivity index (χ3n) is 7.23. The Morgan fingerprint density at radius 3 is 2.36 bits per heavy atom. The lowest BCUT2D eigenvalue weighted by molar-refractivity contribution is 0.0940. The second-order valence-corrected chi connectivity index (χ2v) is 10.4. The van der Waals surface area contributed by atoms with Gasteiger partial charge in [0.15, 0.2) is 11.5 Å². The maximum absolute atomic E-state index is 13.7. The van der Waals surface area contributed by atoms with Gasteiger partial charge in [0.05, 0.1) is 5.69 Å². The number of aromatic nitrogens is 3. The molecule has 6 nitrogen and oxygen atoms in total. The molecule has 8 heteroatoms. The Morgan fingerprint density at radius 2 is 1.64 bits per heavy atom. The highest BCUT2D eigenvalue weighted by Gasteiger charge is 2.30. The van der Waals surface area contributed by atoms with E-state index in [0.717, 1.165) is 74.0 Å². The van der Waals surface area contributed by atoms with Gasteiger partial charge in [-0.15, -0.1) is 5.10 Å². The molecule has 36 heavy (non-hydrogen) atoms. The van der Waals surface area contributed by atoms with Gasteiger partial charge in [0, 0.05) is 52.1 Å². The van der Waals surface area contributed by atoms with Gasteiger partial charge in [0.2, 0.25) is 0 Å². The summed E-state index contributed by atoms with van der Waals surface area (Å²) in [7, 11) is 0. The smallest absolute Gasteiger partial charge is 0.259 e. The van der Waals surface area contributed by atoms with Crippen molar-refractivity contribution in [3.8, 4) is 22.4 Å². The van der Waals surface area contributed by atoms with E-state index in [2.05, 4.69) is 10.2 Å². The zero-order valence-corrected chi connectivity index (χ0v) is 21.4. The molecule has 0 atom stereocenters. The number of halogens is 2. The van der Waals surface area contributed by atoms with Crippen molar-refractivity contribution in [1.29, 1.82) is 0 Å². The molecule has 2 aliphatic rings. The third-order valence-corrected chi connectivity index (χ3v) is 7.81. The quantitative estimate of drug-likeness (QED) is 0.320. The molecule has 2 fully saturated rings. The summed E-state index contributed by atoms with van der Waals surface area (Å²) < 4.78 is 1.82. The van der Waals surface area contributed by atoms with Crippen molar-refractivity contribution in [1.82, 2.24) is 19.9 Å². The number of rotatable bonds is 5. The van der Waals surface area contributed by atoms with E-state index in [1.54, 1.807) is 0 Å². The molecule has 0 bridgehead atoms. The van der Waals surface area contributed by atoms with Gasteiger partial charge in [-0.3, -0.25) is 4.79 Å². The van der Waals surface area contributed by atoms with Gasteiger partial charge in [-0.2, -0.15) is 0 Å². The van der Waals surface area contributed by atoms with Crippen LogP contribution in [0.25, 0.3) is 28.0 Å². The Hall–Kier alpha value is -3.09. The van der Waals surface area contributed by atoms with Crippen molar-refractivity contribution < 1.29 is 4.79 Å². The number of nitrogens with one attached hydrogen (secondary N) is 1. The lowest BCUT2D eigenvalue weighted by Crippen LogP contribution is -2.34. The van der Waals surface area contributed by atoms with E-state index in [4.69, 9.17) is 33.3 Å². The first-order valence-electron chi connectivity index (χ1n) is 12.6. The molecule has 1 amide bonds. The molecule has 0 unspecified atom stereocenters. The maximum Gasteiger partial charge on any atom is 0.259 e. The highest BCUT2D eigenvalue weighted by molar-refractivity contribution is 6.33. The molecule has 1 aliphatic carbocycles. The molecule has 2 aromatic heterocycles. The van der Waals surface area contributed by atoms with Crippen molar-refractivity contribution in [3.05, 3.63) is 70.3 Å². The standard InChI is InChI=1S/C28H27Cl2N5O/c29-19-13-11-18(12-14-19)25-22(21-9-3-4-10-23(21)30)17-31-26-24(28(36)32-20-7-1-2-8-20)27(33-35(25)26)34-15-5-6-16-34/h3-4,9-14,17,20H,1-2,5-8,15-16H2,(H,32,36). The molecule has 6 rings (SSSR count). The molecule has 0 spiro atoms. The predicted molar refractivity (Wildman–Crippen MR) is 145 cm³/mol. The summed E-state index contributed by atoms with van der Waals surface area (Å²) in [4.78, 5) is 20.7. The Kier molecular flexibility index (Phi) is 6.32. The topological polar surface area (TPSA) is 62.5 Å². The number of amides is 1. The average molecular weight is 520 g/mol. The molecular weight excluding hydrogens is 493 g/mol. The van der Waals surface area contributed by atoms with Crippen molar-refractivity contribution >= 4 is 40.6 Å². The molecule has 1 saturated carbocycles.